The van der Waals surface area contributed by atoms with E-state index in [1.165, 1.54) is 12.1 Å². The van der Waals surface area contributed by atoms with Crippen LogP contribution in [0.15, 0.2) is 51.9 Å². The lowest BCUT2D eigenvalue weighted by molar-refractivity contribution is 0.602. The Kier molecular flexibility index (Phi) is 5.46. The van der Waals surface area contributed by atoms with Crippen molar-refractivity contribution in [2.24, 2.45) is 0 Å². The third kappa shape index (κ3) is 3.98. The first-order valence-corrected chi connectivity index (χ1v) is 9.41. The maximum atomic E-state index is 11.8. The van der Waals surface area contributed by atoms with Gasteiger partial charge < -0.3 is 0 Å². The highest BCUT2D eigenvalue weighted by molar-refractivity contribution is 7.90. The van der Waals surface area contributed by atoms with Crippen molar-refractivity contribution in [3.63, 3.8) is 0 Å². The fourth-order valence-corrected chi connectivity index (χ4v) is 3.81. The van der Waals surface area contributed by atoms with Gasteiger partial charge in [-0.05, 0) is 35.4 Å². The van der Waals surface area contributed by atoms with Crippen molar-refractivity contribution in [2.75, 3.05) is 6.26 Å². The summed E-state index contributed by atoms with van der Waals surface area (Å²) in [4.78, 5) is 0.0210. The Balaban J connectivity index is 2.66. The average molecular weight is 398 g/mol. The van der Waals surface area contributed by atoms with Crippen LogP contribution in [0.1, 0.15) is 11.1 Å². The van der Waals surface area contributed by atoms with Gasteiger partial charge in [0, 0.05) is 16.9 Å². The van der Waals surface area contributed by atoms with Crippen LogP contribution in [-0.2, 0) is 9.84 Å². The van der Waals surface area contributed by atoms with E-state index in [1.807, 2.05) is 0 Å². The van der Waals surface area contributed by atoms with Gasteiger partial charge in [-0.3, -0.25) is 0 Å². The van der Waals surface area contributed by atoms with Gasteiger partial charge >= 0.3 is 0 Å². The Bertz CT molecular complexity index is 836. The Morgan fingerprint density at radius 3 is 2.14 bits per heavy atom. The Hall–Kier alpha value is -0.710. The highest BCUT2D eigenvalue weighted by atomic mass is 35.5. The second kappa shape index (κ2) is 6.81. The molecule has 0 radical (unpaired) electrons. The number of benzene rings is 2. The van der Waals surface area contributed by atoms with Gasteiger partial charge in [0.1, 0.15) is 4.49 Å². The molecule has 2 aromatic rings. The van der Waals surface area contributed by atoms with E-state index in [0.29, 0.717) is 21.7 Å². The molecular weight excluding hydrogens is 388 g/mol. The summed E-state index contributed by atoms with van der Waals surface area (Å²) in [7, 11) is -3.47. The lowest BCUT2D eigenvalue weighted by atomic mass is 10.1. The molecule has 7 heteroatoms. The summed E-state index contributed by atoms with van der Waals surface area (Å²) in [5, 5.41) is 0.717. The average Bonchev–Trinajstić information content (AvgIpc) is 2.41. The van der Waals surface area contributed by atoms with Crippen LogP contribution in [0.25, 0.3) is 5.57 Å². The molecule has 0 unspecified atom stereocenters. The third-order valence-corrected chi connectivity index (χ3v) is 5.15. The molecule has 0 aliphatic rings. The standard InChI is InChI=1S/C15H10Cl4O2S/c1-22(20,21)13-8-10(4-7-12(13)17)14(15(18)19)9-2-5-11(16)6-3-9/h2-8H,1H3/i9+2. The van der Waals surface area contributed by atoms with Crippen LogP contribution in [-0.4, -0.2) is 14.7 Å². The molecule has 116 valence electrons. The lowest BCUT2D eigenvalue weighted by Gasteiger charge is -2.11. The molecule has 0 bridgehead atoms. The van der Waals surface area contributed by atoms with Crippen molar-refractivity contribution in [1.29, 1.82) is 0 Å². The maximum absolute atomic E-state index is 11.8. The molecule has 0 saturated carbocycles. The smallest absolute Gasteiger partial charge is 0.177 e. The molecule has 0 heterocycles. The maximum Gasteiger partial charge on any atom is 0.177 e. The minimum Gasteiger partial charge on any atom is -0.224 e. The monoisotopic (exact) mass is 396 g/mol. The van der Waals surface area contributed by atoms with Crippen LogP contribution in [0.3, 0.4) is 0 Å². The van der Waals surface area contributed by atoms with Crippen molar-refractivity contribution in [1.82, 2.24) is 0 Å². The van der Waals surface area contributed by atoms with Gasteiger partial charge in [0.25, 0.3) is 0 Å². The van der Waals surface area contributed by atoms with Crippen molar-refractivity contribution in [3.8, 4) is 0 Å². The van der Waals surface area contributed by atoms with Crippen LogP contribution in [0.2, 0.25) is 10.0 Å². The summed E-state index contributed by atoms with van der Waals surface area (Å²) in [6.07, 6.45) is 1.09. The quantitative estimate of drug-likeness (QED) is 0.676. The molecule has 2 aromatic carbocycles. The van der Waals surface area contributed by atoms with Crippen molar-refractivity contribution in [3.05, 3.63) is 68.1 Å². The van der Waals surface area contributed by atoms with Crippen molar-refractivity contribution >= 4 is 61.8 Å². The van der Waals surface area contributed by atoms with E-state index in [2.05, 4.69) is 0 Å². The predicted molar refractivity (Wildman–Crippen MR) is 93.7 cm³/mol. The number of hydrogen-bond acceptors (Lipinski definition) is 2. The molecule has 22 heavy (non-hydrogen) atoms. The summed E-state index contributed by atoms with van der Waals surface area (Å²) in [6.45, 7) is 0. The summed E-state index contributed by atoms with van der Waals surface area (Å²) >= 11 is 23.8. The minimum atomic E-state index is -3.47. The lowest BCUT2D eigenvalue weighted by Crippen LogP contribution is -2.00. The van der Waals surface area contributed by atoms with Gasteiger partial charge in [-0.1, -0.05) is 64.6 Å². The molecular formula is C15H10Cl4O2S. The molecule has 0 amide bonds. The zero-order valence-electron chi connectivity index (χ0n) is 11.3. The van der Waals surface area contributed by atoms with E-state index in [9.17, 15) is 8.42 Å². The second-order valence-electron chi connectivity index (χ2n) is 4.56. The van der Waals surface area contributed by atoms with Crippen LogP contribution < -0.4 is 0 Å². The number of sulfone groups is 1. The molecule has 0 aromatic heterocycles. The van der Waals surface area contributed by atoms with Crippen LogP contribution in [0.4, 0.5) is 0 Å². The first-order valence-electron chi connectivity index (χ1n) is 6.01. The Morgan fingerprint density at radius 2 is 1.64 bits per heavy atom. The second-order valence-corrected chi connectivity index (χ2v) is 8.34. The summed E-state index contributed by atoms with van der Waals surface area (Å²) in [5.41, 5.74) is 1.76. The van der Waals surface area contributed by atoms with E-state index in [4.69, 9.17) is 46.4 Å². The SMILES string of the molecule is CS(=O)(=O)c1cc(C(=C(Cl)Cl)[14c]2ccc(Cl)cc2)ccc1Cl. The first kappa shape index (κ1) is 17.6. The van der Waals surface area contributed by atoms with Crippen LogP contribution in [0, 0.1) is 0 Å². The number of hydrogen-bond donors (Lipinski definition) is 0. The summed E-state index contributed by atoms with van der Waals surface area (Å²) < 4.78 is 23.6. The normalized spacial score (nSPS) is 11.3. The van der Waals surface area contributed by atoms with Crippen LogP contribution in [0.5, 0.6) is 0 Å². The van der Waals surface area contributed by atoms with E-state index in [0.717, 1.165) is 6.26 Å². The molecule has 0 saturated heterocycles. The van der Waals surface area contributed by atoms with Gasteiger partial charge in [0.05, 0.1) is 9.92 Å². The topological polar surface area (TPSA) is 34.1 Å². The van der Waals surface area contributed by atoms with Gasteiger partial charge in [-0.25, -0.2) is 8.42 Å². The summed E-state index contributed by atoms with van der Waals surface area (Å²) in [6, 6.07) is 11.5. The molecule has 2 rings (SSSR count). The molecule has 0 spiro atoms. The van der Waals surface area contributed by atoms with Gasteiger partial charge in [-0.2, -0.15) is 0 Å². The van der Waals surface area contributed by atoms with Gasteiger partial charge in [-0.15, -0.1) is 0 Å². The van der Waals surface area contributed by atoms with E-state index in [-0.39, 0.29) is 14.4 Å². The molecule has 0 N–H and O–H groups in total. The largest absolute Gasteiger partial charge is 0.224 e. The Labute approximate surface area is 149 Å². The third-order valence-electron chi connectivity index (χ3n) is 2.94. The van der Waals surface area contributed by atoms with Crippen LogP contribution >= 0.6 is 46.4 Å². The highest BCUT2D eigenvalue weighted by Crippen LogP contribution is 2.34. The zero-order valence-corrected chi connectivity index (χ0v) is 15.1. The van der Waals surface area contributed by atoms with E-state index < -0.39 is 9.84 Å². The predicted octanol–water partition coefficient (Wildman–Crippen LogP) is 5.59. The Morgan fingerprint density at radius 1 is 1.05 bits per heavy atom. The van der Waals surface area contributed by atoms with Crippen molar-refractivity contribution in [2.45, 2.75) is 4.90 Å². The molecule has 0 fully saturated rings. The van der Waals surface area contributed by atoms with Gasteiger partial charge in [0.2, 0.25) is 0 Å². The fraction of sp³-hybridized carbons (Fsp3) is 0.0667. The zero-order chi connectivity index (χ0) is 16.5. The first-order chi connectivity index (χ1) is 10.2. The molecule has 0 aliphatic heterocycles. The molecule has 2 nitrogen and oxygen atoms in total. The minimum absolute atomic E-state index is 0.0177. The van der Waals surface area contributed by atoms with E-state index >= 15 is 0 Å². The number of halogens is 4. The van der Waals surface area contributed by atoms with Crippen molar-refractivity contribution < 1.29 is 8.42 Å². The highest BCUT2D eigenvalue weighted by Gasteiger charge is 2.16. The number of rotatable bonds is 3. The summed E-state index contributed by atoms with van der Waals surface area (Å²) in [5.74, 6) is 0. The van der Waals surface area contributed by atoms with E-state index in [1.54, 1.807) is 30.3 Å². The van der Waals surface area contributed by atoms with Gasteiger partial charge in [0.15, 0.2) is 9.84 Å². The molecule has 0 atom stereocenters. The molecule has 0 aliphatic carbocycles. The fourth-order valence-electron chi connectivity index (χ4n) is 1.94.